The standard InChI is InChI=1S/C12H18O6S2/c1-19(13,14)17-11-7-3-6-8-4-5(7)10(9(6)11)12(8)18-20(2,15)16/h5-12H,3-4H2,1-2H3/t5-,6?,7-,8-,9-,10-,11+,12+/m0/s1. The predicted octanol–water partition coefficient (Wildman–Crippen LogP) is 0.208. The minimum atomic E-state index is -3.47. The number of rotatable bonds is 4. The molecule has 8 heteroatoms. The van der Waals surface area contributed by atoms with Crippen LogP contribution in [0.25, 0.3) is 0 Å². The van der Waals surface area contributed by atoms with Crippen LogP contribution in [-0.4, -0.2) is 41.6 Å². The van der Waals surface area contributed by atoms with Crippen LogP contribution in [0.2, 0.25) is 0 Å². The Hall–Kier alpha value is -0.180. The first-order chi connectivity index (χ1) is 9.16. The molecular formula is C12H18O6S2. The molecule has 4 saturated carbocycles. The predicted molar refractivity (Wildman–Crippen MR) is 69.6 cm³/mol. The van der Waals surface area contributed by atoms with Gasteiger partial charge in [0.15, 0.2) is 0 Å². The second-order valence-electron chi connectivity index (χ2n) is 6.81. The number of fused-ring (bicyclic) bond motifs is 4. The molecule has 4 bridgehead atoms. The molecule has 8 atom stereocenters. The Morgan fingerprint density at radius 2 is 1.05 bits per heavy atom. The van der Waals surface area contributed by atoms with E-state index >= 15 is 0 Å². The Morgan fingerprint density at radius 3 is 1.35 bits per heavy atom. The third-order valence-corrected chi connectivity index (χ3v) is 6.94. The zero-order valence-electron chi connectivity index (χ0n) is 11.3. The van der Waals surface area contributed by atoms with E-state index in [9.17, 15) is 16.8 Å². The van der Waals surface area contributed by atoms with E-state index in [1.807, 2.05) is 0 Å². The highest BCUT2D eigenvalue weighted by Gasteiger charge is 2.74. The van der Waals surface area contributed by atoms with Crippen molar-refractivity contribution in [2.75, 3.05) is 12.5 Å². The van der Waals surface area contributed by atoms with Crippen LogP contribution in [0.1, 0.15) is 12.8 Å². The molecule has 0 aromatic rings. The van der Waals surface area contributed by atoms with Gasteiger partial charge in [0.1, 0.15) is 0 Å². The molecule has 4 aliphatic carbocycles. The van der Waals surface area contributed by atoms with Gasteiger partial charge in [-0.3, -0.25) is 8.37 Å². The minimum Gasteiger partial charge on any atom is -0.266 e. The van der Waals surface area contributed by atoms with Gasteiger partial charge in [-0.2, -0.15) is 16.8 Å². The van der Waals surface area contributed by atoms with Crippen LogP contribution in [0.3, 0.4) is 0 Å². The molecule has 0 aromatic carbocycles. The van der Waals surface area contributed by atoms with Crippen molar-refractivity contribution in [3.63, 3.8) is 0 Å². The fourth-order valence-electron chi connectivity index (χ4n) is 5.71. The third-order valence-electron chi connectivity index (χ3n) is 5.80. The van der Waals surface area contributed by atoms with Gasteiger partial charge in [0.05, 0.1) is 24.7 Å². The summed E-state index contributed by atoms with van der Waals surface area (Å²) in [5.74, 6) is 1.57. The summed E-state index contributed by atoms with van der Waals surface area (Å²) in [6.45, 7) is 0. The fourth-order valence-corrected chi connectivity index (χ4v) is 7.06. The molecule has 0 heterocycles. The van der Waals surface area contributed by atoms with Gasteiger partial charge in [0.25, 0.3) is 20.2 Å². The molecule has 0 N–H and O–H groups in total. The first-order valence-electron chi connectivity index (χ1n) is 6.92. The first kappa shape index (κ1) is 13.5. The largest absolute Gasteiger partial charge is 0.266 e. The maximum absolute atomic E-state index is 11.4. The van der Waals surface area contributed by atoms with E-state index in [0.717, 1.165) is 25.4 Å². The smallest absolute Gasteiger partial charge is 0.264 e. The Balaban J connectivity index is 1.64. The van der Waals surface area contributed by atoms with Gasteiger partial charge in [0, 0.05) is 0 Å². The molecule has 0 amide bonds. The van der Waals surface area contributed by atoms with Crippen molar-refractivity contribution in [3.8, 4) is 0 Å². The first-order valence-corrected chi connectivity index (χ1v) is 10.6. The van der Waals surface area contributed by atoms with Gasteiger partial charge in [-0.1, -0.05) is 0 Å². The molecular weight excluding hydrogens is 304 g/mol. The number of hydrogen-bond acceptors (Lipinski definition) is 6. The van der Waals surface area contributed by atoms with Crippen molar-refractivity contribution in [2.45, 2.75) is 25.0 Å². The summed E-state index contributed by atoms with van der Waals surface area (Å²) < 4.78 is 56.3. The molecule has 4 aliphatic rings. The van der Waals surface area contributed by atoms with Crippen molar-refractivity contribution < 1.29 is 25.2 Å². The van der Waals surface area contributed by atoms with E-state index in [-0.39, 0.29) is 35.9 Å². The highest BCUT2D eigenvalue weighted by Crippen LogP contribution is 2.73. The van der Waals surface area contributed by atoms with Crippen molar-refractivity contribution in [2.24, 2.45) is 35.5 Å². The maximum Gasteiger partial charge on any atom is 0.264 e. The van der Waals surface area contributed by atoms with E-state index in [0.29, 0.717) is 11.8 Å². The second kappa shape index (κ2) is 3.77. The summed E-state index contributed by atoms with van der Waals surface area (Å²) in [7, 11) is -6.94. The van der Waals surface area contributed by atoms with Crippen LogP contribution in [0.4, 0.5) is 0 Å². The molecule has 0 aliphatic heterocycles. The summed E-state index contributed by atoms with van der Waals surface area (Å²) in [5, 5.41) is 0. The Kier molecular flexibility index (Phi) is 2.54. The summed E-state index contributed by atoms with van der Waals surface area (Å²) >= 11 is 0. The highest BCUT2D eigenvalue weighted by molar-refractivity contribution is 7.86. The van der Waals surface area contributed by atoms with Crippen LogP contribution >= 0.6 is 0 Å². The summed E-state index contributed by atoms with van der Waals surface area (Å²) in [6.07, 6.45) is 3.57. The van der Waals surface area contributed by atoms with Crippen molar-refractivity contribution >= 4 is 20.2 Å². The molecule has 0 radical (unpaired) electrons. The van der Waals surface area contributed by atoms with E-state index in [1.54, 1.807) is 0 Å². The van der Waals surface area contributed by atoms with E-state index in [2.05, 4.69) is 0 Å². The zero-order chi connectivity index (χ0) is 14.4. The van der Waals surface area contributed by atoms with Crippen LogP contribution in [0.15, 0.2) is 0 Å². The van der Waals surface area contributed by atoms with Crippen molar-refractivity contribution in [1.82, 2.24) is 0 Å². The van der Waals surface area contributed by atoms with Gasteiger partial charge in [-0.25, -0.2) is 0 Å². The van der Waals surface area contributed by atoms with Crippen LogP contribution in [0.5, 0.6) is 0 Å². The highest BCUT2D eigenvalue weighted by atomic mass is 32.2. The quantitative estimate of drug-likeness (QED) is 0.688. The van der Waals surface area contributed by atoms with Crippen LogP contribution in [0, 0.1) is 35.5 Å². The van der Waals surface area contributed by atoms with E-state index < -0.39 is 20.2 Å². The van der Waals surface area contributed by atoms with Gasteiger partial charge in [-0.15, -0.1) is 0 Å². The van der Waals surface area contributed by atoms with Crippen molar-refractivity contribution in [3.05, 3.63) is 0 Å². The van der Waals surface area contributed by atoms with E-state index in [1.165, 1.54) is 0 Å². The van der Waals surface area contributed by atoms with Crippen LogP contribution in [-0.2, 0) is 28.6 Å². The Bertz CT molecular complexity index is 595. The topological polar surface area (TPSA) is 86.7 Å². The summed E-state index contributed by atoms with van der Waals surface area (Å²) in [4.78, 5) is 0. The van der Waals surface area contributed by atoms with Gasteiger partial charge in [0.2, 0.25) is 0 Å². The Labute approximate surface area is 119 Å². The average molecular weight is 322 g/mol. The lowest BCUT2D eigenvalue weighted by Gasteiger charge is -2.32. The molecule has 4 fully saturated rings. The lowest BCUT2D eigenvalue weighted by molar-refractivity contribution is 0.129. The van der Waals surface area contributed by atoms with Gasteiger partial charge in [-0.05, 0) is 48.3 Å². The van der Waals surface area contributed by atoms with E-state index in [4.69, 9.17) is 8.37 Å². The lowest BCUT2D eigenvalue weighted by atomic mass is 9.71. The third kappa shape index (κ3) is 1.74. The zero-order valence-corrected chi connectivity index (χ0v) is 12.9. The molecule has 0 spiro atoms. The molecule has 114 valence electrons. The number of hydrogen-bond donors (Lipinski definition) is 0. The van der Waals surface area contributed by atoms with Gasteiger partial charge >= 0.3 is 0 Å². The molecule has 4 rings (SSSR count). The molecule has 0 saturated heterocycles. The van der Waals surface area contributed by atoms with Gasteiger partial charge < -0.3 is 0 Å². The second-order valence-corrected chi connectivity index (χ2v) is 10.0. The average Bonchev–Trinajstić information content (AvgIpc) is 2.89. The molecule has 6 nitrogen and oxygen atoms in total. The minimum absolute atomic E-state index is 0.158. The summed E-state index contributed by atoms with van der Waals surface area (Å²) in [6, 6.07) is 0. The summed E-state index contributed by atoms with van der Waals surface area (Å²) in [5.41, 5.74) is 0. The maximum atomic E-state index is 11.4. The monoisotopic (exact) mass is 322 g/mol. The fraction of sp³-hybridized carbons (Fsp3) is 1.00. The molecule has 20 heavy (non-hydrogen) atoms. The molecule has 0 aromatic heterocycles. The molecule has 1 unspecified atom stereocenters. The Morgan fingerprint density at radius 1 is 0.700 bits per heavy atom. The SMILES string of the molecule is CS(=O)(=O)O[C@@H]1[C@H]2CC3[C@H]1[C@@H]1[C@H]2C[C@@H]3[C@H]1OS(C)(=O)=O. The van der Waals surface area contributed by atoms with Crippen LogP contribution < -0.4 is 0 Å². The lowest BCUT2D eigenvalue weighted by Crippen LogP contribution is -2.28. The normalized spacial score (nSPS) is 52.3. The van der Waals surface area contributed by atoms with Crippen molar-refractivity contribution in [1.29, 1.82) is 0 Å².